The van der Waals surface area contributed by atoms with Crippen LogP contribution in [0.25, 0.3) is 0 Å². The van der Waals surface area contributed by atoms with Crippen LogP contribution in [0.15, 0.2) is 30.3 Å². The van der Waals surface area contributed by atoms with Gasteiger partial charge in [0.2, 0.25) is 5.91 Å². The van der Waals surface area contributed by atoms with Gasteiger partial charge in [0.15, 0.2) is 0 Å². The van der Waals surface area contributed by atoms with Crippen LogP contribution in [0.3, 0.4) is 0 Å². The minimum Gasteiger partial charge on any atom is -0.367 e. The van der Waals surface area contributed by atoms with Crippen LogP contribution in [0, 0.1) is 0 Å². The molecule has 0 bridgehead atoms. The molecule has 6 heteroatoms. The van der Waals surface area contributed by atoms with Gasteiger partial charge in [-0.15, -0.1) is 0 Å². The maximum atomic E-state index is 12.7. The number of hydrogen-bond donors (Lipinski definition) is 2. The number of morpholine rings is 1. The molecule has 3 atom stereocenters. The predicted molar refractivity (Wildman–Crippen MR) is 90.5 cm³/mol. The van der Waals surface area contributed by atoms with Crippen LogP contribution in [0.1, 0.15) is 32.3 Å². The third-order valence-electron chi connectivity index (χ3n) is 4.93. The highest BCUT2D eigenvalue weighted by molar-refractivity contribution is 5.79. The fourth-order valence-corrected chi connectivity index (χ4v) is 3.42. The monoisotopic (exact) mass is 331 g/mol. The Balaban J connectivity index is 1.64. The first-order chi connectivity index (χ1) is 11.5. The van der Waals surface area contributed by atoms with E-state index < -0.39 is 5.60 Å². The molecule has 130 valence electrons. The molecule has 0 aliphatic carbocycles. The average molecular weight is 331 g/mol. The molecule has 0 aromatic heterocycles. The summed E-state index contributed by atoms with van der Waals surface area (Å²) in [5.41, 5.74) is 0.573. The third-order valence-corrected chi connectivity index (χ3v) is 4.93. The summed E-state index contributed by atoms with van der Waals surface area (Å²) in [4.78, 5) is 25.9. The predicted octanol–water partition coefficient (Wildman–Crippen LogP) is 1.61. The largest absolute Gasteiger partial charge is 0.367 e. The molecule has 3 unspecified atom stereocenters. The Bertz CT molecular complexity index is 607. The fourth-order valence-electron chi connectivity index (χ4n) is 3.42. The van der Waals surface area contributed by atoms with Crippen molar-refractivity contribution in [1.29, 1.82) is 0 Å². The lowest BCUT2D eigenvalue weighted by Gasteiger charge is -2.41. The van der Waals surface area contributed by atoms with E-state index in [4.69, 9.17) is 4.74 Å². The van der Waals surface area contributed by atoms with E-state index in [-0.39, 0.29) is 24.0 Å². The Morgan fingerprint density at radius 3 is 2.83 bits per heavy atom. The first-order valence-electron chi connectivity index (χ1n) is 8.52. The Morgan fingerprint density at radius 1 is 1.38 bits per heavy atom. The van der Waals surface area contributed by atoms with E-state index in [1.54, 1.807) is 4.90 Å². The van der Waals surface area contributed by atoms with Crippen LogP contribution in [0.5, 0.6) is 0 Å². The van der Waals surface area contributed by atoms with Crippen LogP contribution >= 0.6 is 0 Å². The van der Waals surface area contributed by atoms with Gasteiger partial charge in [0, 0.05) is 19.0 Å². The zero-order chi connectivity index (χ0) is 17.2. The Labute approximate surface area is 142 Å². The van der Waals surface area contributed by atoms with Crippen molar-refractivity contribution in [3.8, 4) is 0 Å². The number of piperidine rings is 1. The molecule has 0 radical (unpaired) electrons. The number of rotatable bonds is 2. The van der Waals surface area contributed by atoms with Crippen molar-refractivity contribution in [1.82, 2.24) is 15.5 Å². The van der Waals surface area contributed by atoms with Crippen molar-refractivity contribution in [2.75, 3.05) is 19.7 Å². The molecule has 3 rings (SSSR count). The first-order valence-corrected chi connectivity index (χ1v) is 8.52. The van der Waals surface area contributed by atoms with E-state index in [0.29, 0.717) is 32.5 Å². The molecule has 2 saturated heterocycles. The quantitative estimate of drug-likeness (QED) is 0.865. The number of hydrogen-bond acceptors (Lipinski definition) is 3. The van der Waals surface area contributed by atoms with E-state index in [9.17, 15) is 9.59 Å². The SMILES string of the molecule is CC1NC(=O)CCC1NC(=O)N1CCOC(C)(c2ccccc2)C1. The summed E-state index contributed by atoms with van der Waals surface area (Å²) in [6.07, 6.45) is 1.14. The topological polar surface area (TPSA) is 70.7 Å². The summed E-state index contributed by atoms with van der Waals surface area (Å²) in [5, 5.41) is 5.95. The molecule has 0 spiro atoms. The highest BCUT2D eigenvalue weighted by Crippen LogP contribution is 2.29. The number of urea groups is 1. The van der Waals surface area contributed by atoms with Crippen LogP contribution in [-0.4, -0.2) is 48.6 Å². The normalized spacial score (nSPS) is 30.6. The van der Waals surface area contributed by atoms with E-state index in [1.807, 2.05) is 44.2 Å². The van der Waals surface area contributed by atoms with Gasteiger partial charge in [0.1, 0.15) is 5.60 Å². The second-order valence-electron chi connectivity index (χ2n) is 6.82. The first kappa shape index (κ1) is 16.8. The van der Waals surface area contributed by atoms with Crippen LogP contribution in [0.4, 0.5) is 4.79 Å². The lowest BCUT2D eigenvalue weighted by Crippen LogP contribution is -2.59. The number of carbonyl (C=O) groups is 2. The van der Waals surface area contributed by atoms with E-state index in [0.717, 1.165) is 5.56 Å². The van der Waals surface area contributed by atoms with Crippen molar-refractivity contribution in [2.24, 2.45) is 0 Å². The average Bonchev–Trinajstić information content (AvgIpc) is 2.58. The van der Waals surface area contributed by atoms with Gasteiger partial charge in [-0.1, -0.05) is 30.3 Å². The van der Waals surface area contributed by atoms with Crippen molar-refractivity contribution in [3.63, 3.8) is 0 Å². The van der Waals surface area contributed by atoms with Crippen LogP contribution in [0.2, 0.25) is 0 Å². The molecule has 0 saturated carbocycles. The number of nitrogens with zero attached hydrogens (tertiary/aromatic N) is 1. The van der Waals surface area contributed by atoms with Crippen molar-refractivity contribution in [2.45, 2.75) is 44.4 Å². The summed E-state index contributed by atoms with van der Waals surface area (Å²) >= 11 is 0. The molecule has 1 aromatic rings. The summed E-state index contributed by atoms with van der Waals surface area (Å²) in [5.74, 6) is 0.0519. The molecule has 2 N–H and O–H groups in total. The van der Waals surface area contributed by atoms with Gasteiger partial charge in [-0.25, -0.2) is 4.79 Å². The van der Waals surface area contributed by atoms with Crippen molar-refractivity contribution < 1.29 is 14.3 Å². The molecule has 24 heavy (non-hydrogen) atoms. The zero-order valence-electron chi connectivity index (χ0n) is 14.2. The van der Waals surface area contributed by atoms with Gasteiger partial charge in [-0.2, -0.15) is 0 Å². The summed E-state index contributed by atoms with van der Waals surface area (Å²) in [6, 6.07) is 9.83. The lowest BCUT2D eigenvalue weighted by atomic mass is 9.94. The maximum Gasteiger partial charge on any atom is 0.317 e. The number of carbonyl (C=O) groups excluding carboxylic acids is 2. The van der Waals surface area contributed by atoms with Gasteiger partial charge in [0.05, 0.1) is 19.2 Å². The zero-order valence-corrected chi connectivity index (χ0v) is 14.2. The van der Waals surface area contributed by atoms with Gasteiger partial charge in [-0.05, 0) is 25.8 Å². The molecule has 3 amide bonds. The minimum absolute atomic E-state index is 0.0268. The fraction of sp³-hybridized carbons (Fsp3) is 0.556. The summed E-state index contributed by atoms with van der Waals surface area (Å²) in [6.45, 7) is 5.54. The molecule has 6 nitrogen and oxygen atoms in total. The number of amides is 3. The maximum absolute atomic E-state index is 12.7. The Morgan fingerprint density at radius 2 is 2.12 bits per heavy atom. The second-order valence-corrected chi connectivity index (χ2v) is 6.82. The molecule has 2 heterocycles. The van der Waals surface area contributed by atoms with Gasteiger partial charge in [-0.3, -0.25) is 4.79 Å². The number of ether oxygens (including phenoxy) is 1. The van der Waals surface area contributed by atoms with Crippen LogP contribution in [-0.2, 0) is 15.1 Å². The highest BCUT2D eigenvalue weighted by Gasteiger charge is 2.37. The van der Waals surface area contributed by atoms with Crippen LogP contribution < -0.4 is 10.6 Å². The van der Waals surface area contributed by atoms with E-state index >= 15 is 0 Å². The van der Waals surface area contributed by atoms with Gasteiger partial charge >= 0.3 is 6.03 Å². The van der Waals surface area contributed by atoms with Gasteiger partial charge < -0.3 is 20.3 Å². The standard InChI is InChI=1S/C18H25N3O3/c1-13-15(8-9-16(22)19-13)20-17(23)21-10-11-24-18(2,12-21)14-6-4-3-5-7-14/h3-7,13,15H,8-12H2,1-2H3,(H,19,22)(H,20,23). The molecule has 1 aromatic carbocycles. The molecule has 2 aliphatic heterocycles. The smallest absolute Gasteiger partial charge is 0.317 e. The summed E-state index contributed by atoms with van der Waals surface area (Å²) in [7, 11) is 0. The third kappa shape index (κ3) is 3.53. The number of benzene rings is 1. The van der Waals surface area contributed by atoms with Crippen molar-refractivity contribution >= 4 is 11.9 Å². The van der Waals surface area contributed by atoms with E-state index in [1.165, 1.54) is 0 Å². The Kier molecular flexibility index (Phi) is 4.76. The lowest BCUT2D eigenvalue weighted by molar-refractivity contribution is -0.123. The minimum atomic E-state index is -0.497. The molecule has 2 aliphatic rings. The number of nitrogens with one attached hydrogen (secondary N) is 2. The Hall–Kier alpha value is -2.08. The van der Waals surface area contributed by atoms with E-state index in [2.05, 4.69) is 10.6 Å². The molecular formula is C18H25N3O3. The second kappa shape index (κ2) is 6.81. The van der Waals surface area contributed by atoms with Gasteiger partial charge in [0.25, 0.3) is 0 Å². The molecular weight excluding hydrogens is 306 g/mol. The van der Waals surface area contributed by atoms with Crippen molar-refractivity contribution in [3.05, 3.63) is 35.9 Å². The molecule has 2 fully saturated rings. The highest BCUT2D eigenvalue weighted by atomic mass is 16.5. The summed E-state index contributed by atoms with van der Waals surface area (Å²) < 4.78 is 5.98.